The fourth-order valence-corrected chi connectivity index (χ4v) is 7.14. The second-order valence-electron chi connectivity index (χ2n) is 14.3. The van der Waals surface area contributed by atoms with Crippen LogP contribution in [0.15, 0.2) is 54.9 Å². The van der Waals surface area contributed by atoms with E-state index in [2.05, 4.69) is 36.0 Å². The molecule has 5 aromatic rings. The molecule has 59 heavy (non-hydrogen) atoms. The summed E-state index contributed by atoms with van der Waals surface area (Å²) in [5, 5.41) is 17.8. The first kappa shape index (κ1) is 40.7. The van der Waals surface area contributed by atoms with Gasteiger partial charge in [-0.2, -0.15) is 10.2 Å². The Morgan fingerprint density at radius 1 is 1.02 bits per heavy atom. The number of aryl methyl sites for hydroxylation is 4. The number of carbonyl (C=O) groups excluding carboxylic acids is 3. The summed E-state index contributed by atoms with van der Waals surface area (Å²) in [5.74, 6) is -0.632. The number of imidazole rings is 1. The Bertz CT molecular complexity index is 2350. The molecule has 0 saturated carbocycles. The van der Waals surface area contributed by atoms with Crippen LogP contribution in [0, 0.1) is 13.8 Å². The number of morpholine rings is 1. The fourth-order valence-electron chi connectivity index (χ4n) is 7.14. The molecule has 312 valence electrons. The SMILES string of the molecule is CCn1nc(C)cc1C(=O)Nc1nc2cc(C(=O)NCCCn3cc(C(=O)OF)cn3)cc3c2n1C/C=C/CNc1c(N)cc(C)cc1OCC(N1CCOCC1)CO3. The standard InChI is InChI=1S/C40H48FN11O7/c1-4-52-32(18-26(3)48-52)38(54)47-40-46-31-19-27(37(53)44-9-7-10-50-22-28(21-45-50)39(55)59-41)20-34-36(31)51(40)11-6-5-8-43-35-30(42)16-25(2)17-33(35)57-23-29(24-58-34)49-12-14-56-15-13-49/h5-6,16-22,29,43H,4,7-15,23-24,42H2,1-3H3,(H,44,53)(H,46,47,54)/b6-5+. The summed E-state index contributed by atoms with van der Waals surface area (Å²) in [6.45, 7) is 10.4. The maximum Gasteiger partial charge on any atom is 0.382 e. The number of hydrogen-bond acceptors (Lipinski definition) is 13. The van der Waals surface area contributed by atoms with Gasteiger partial charge in [-0.15, -0.1) is 0 Å². The highest BCUT2D eigenvalue weighted by Crippen LogP contribution is 2.34. The van der Waals surface area contributed by atoms with Gasteiger partial charge in [0.05, 0.1) is 42.4 Å². The molecule has 2 aromatic carbocycles. The van der Waals surface area contributed by atoms with Crippen LogP contribution >= 0.6 is 0 Å². The first-order valence-electron chi connectivity index (χ1n) is 19.5. The molecule has 2 aliphatic rings. The molecule has 0 spiro atoms. The molecular weight excluding hydrogens is 766 g/mol. The Kier molecular flexibility index (Phi) is 12.7. The van der Waals surface area contributed by atoms with Crippen molar-refractivity contribution in [2.75, 3.05) is 69.0 Å². The first-order valence-corrected chi connectivity index (χ1v) is 19.5. The van der Waals surface area contributed by atoms with E-state index in [4.69, 9.17) is 24.9 Å². The number of aromatic nitrogens is 6. The molecule has 2 aliphatic heterocycles. The van der Waals surface area contributed by atoms with Gasteiger partial charge in [-0.25, -0.2) is 14.7 Å². The maximum atomic E-state index is 13.8. The van der Waals surface area contributed by atoms with Gasteiger partial charge < -0.3 is 35.1 Å². The summed E-state index contributed by atoms with van der Waals surface area (Å²) in [4.78, 5) is 49.4. The van der Waals surface area contributed by atoms with Crippen LogP contribution in [0.1, 0.15) is 55.8 Å². The van der Waals surface area contributed by atoms with Crippen LogP contribution in [0.25, 0.3) is 11.0 Å². The molecule has 7 rings (SSSR count). The highest BCUT2D eigenvalue weighted by atomic mass is 19.3. The smallest absolute Gasteiger partial charge is 0.382 e. The van der Waals surface area contributed by atoms with Crippen LogP contribution in [0.3, 0.4) is 0 Å². The van der Waals surface area contributed by atoms with Gasteiger partial charge >= 0.3 is 5.97 Å². The lowest BCUT2D eigenvalue weighted by Crippen LogP contribution is -2.49. The highest BCUT2D eigenvalue weighted by Gasteiger charge is 2.27. The molecule has 0 aliphatic carbocycles. The number of nitrogens with zero attached hydrogens (tertiary/aromatic N) is 7. The first-order chi connectivity index (χ1) is 28.6. The quantitative estimate of drug-likeness (QED) is 0.0898. The lowest BCUT2D eigenvalue weighted by atomic mass is 10.1. The van der Waals surface area contributed by atoms with Crippen molar-refractivity contribution in [3.05, 3.63) is 83.0 Å². The average molecular weight is 814 g/mol. The van der Waals surface area contributed by atoms with Crippen LogP contribution < -0.4 is 31.2 Å². The zero-order valence-electron chi connectivity index (χ0n) is 33.2. The van der Waals surface area contributed by atoms with Gasteiger partial charge in [0, 0.05) is 62.1 Å². The number of fused-ring (bicyclic) bond motifs is 1. The van der Waals surface area contributed by atoms with Crippen molar-refractivity contribution in [1.29, 1.82) is 0 Å². The number of halogens is 1. The maximum absolute atomic E-state index is 13.8. The molecule has 0 radical (unpaired) electrons. The van der Waals surface area contributed by atoms with Crippen molar-refractivity contribution in [3.63, 3.8) is 0 Å². The molecule has 18 nitrogen and oxygen atoms in total. The molecule has 19 heteroatoms. The largest absolute Gasteiger partial charge is 0.490 e. The summed E-state index contributed by atoms with van der Waals surface area (Å²) in [6, 6.07) is 8.68. The number of rotatable bonds is 10. The number of benzene rings is 2. The Morgan fingerprint density at radius 2 is 1.81 bits per heavy atom. The van der Waals surface area contributed by atoms with E-state index in [1.807, 2.05) is 49.6 Å². The van der Waals surface area contributed by atoms with E-state index in [0.717, 1.165) is 5.56 Å². The van der Waals surface area contributed by atoms with Crippen molar-refractivity contribution in [1.82, 2.24) is 39.3 Å². The van der Waals surface area contributed by atoms with E-state index in [0.29, 0.717) is 110 Å². The third-order valence-corrected chi connectivity index (χ3v) is 10.1. The number of allylic oxidation sites excluding steroid dienone is 1. The average Bonchev–Trinajstić information content (AvgIpc) is 3.96. The van der Waals surface area contributed by atoms with E-state index in [-0.39, 0.29) is 43.2 Å². The molecule has 3 aromatic heterocycles. The highest BCUT2D eigenvalue weighted by molar-refractivity contribution is 6.04. The summed E-state index contributed by atoms with van der Waals surface area (Å²) < 4.78 is 36.1. The second kappa shape index (κ2) is 18.4. The number of amides is 2. The fraction of sp³-hybridized carbons (Fsp3) is 0.400. The van der Waals surface area contributed by atoms with Crippen molar-refractivity contribution >= 4 is 46.1 Å². The summed E-state index contributed by atoms with van der Waals surface area (Å²) in [6.07, 6.45) is 6.92. The van der Waals surface area contributed by atoms with E-state index >= 15 is 0 Å². The van der Waals surface area contributed by atoms with Gasteiger partial charge in [-0.3, -0.25) is 29.2 Å². The zero-order chi connectivity index (χ0) is 41.5. The predicted molar refractivity (Wildman–Crippen MR) is 216 cm³/mol. The minimum absolute atomic E-state index is 0.0228. The molecular formula is C40H48FN11O7. The molecule has 1 fully saturated rings. The minimum Gasteiger partial charge on any atom is -0.490 e. The van der Waals surface area contributed by atoms with Crippen LogP contribution in [-0.2, 0) is 29.3 Å². The third kappa shape index (κ3) is 9.47. The number of nitrogens with two attached hydrogens (primary N) is 1. The lowest BCUT2D eigenvalue weighted by Gasteiger charge is -2.34. The molecule has 0 bridgehead atoms. The third-order valence-electron chi connectivity index (χ3n) is 10.1. The van der Waals surface area contributed by atoms with Crippen molar-refractivity contribution in [2.24, 2.45) is 0 Å². The van der Waals surface area contributed by atoms with E-state index in [9.17, 15) is 18.9 Å². The molecule has 1 atom stereocenters. The Balaban J connectivity index is 1.23. The molecule has 5 N–H and O–H groups in total. The summed E-state index contributed by atoms with van der Waals surface area (Å²) >= 11 is 0. The number of carbonyl (C=O) groups is 3. The molecule has 2 amide bonds. The normalized spacial score (nSPS) is 16.7. The number of anilines is 3. The van der Waals surface area contributed by atoms with Gasteiger partial charge in [0.25, 0.3) is 11.8 Å². The van der Waals surface area contributed by atoms with Gasteiger partial charge in [-0.1, -0.05) is 12.2 Å². The van der Waals surface area contributed by atoms with Gasteiger partial charge in [0.15, 0.2) is 0 Å². The molecule has 1 unspecified atom stereocenters. The Morgan fingerprint density at radius 3 is 2.59 bits per heavy atom. The Labute approximate surface area is 339 Å². The van der Waals surface area contributed by atoms with Gasteiger partial charge in [-0.05, 0) is 63.1 Å². The zero-order valence-corrected chi connectivity index (χ0v) is 33.2. The van der Waals surface area contributed by atoms with Crippen molar-refractivity contribution < 1.29 is 38.1 Å². The van der Waals surface area contributed by atoms with Crippen LogP contribution in [-0.4, -0.2) is 110 Å². The minimum atomic E-state index is -1.13. The van der Waals surface area contributed by atoms with Crippen LogP contribution in [0.2, 0.25) is 0 Å². The molecule has 5 heterocycles. The topological polar surface area (TPSA) is 207 Å². The Hall–Kier alpha value is -6.47. The van der Waals surface area contributed by atoms with Gasteiger partial charge in [0.2, 0.25) is 5.95 Å². The van der Waals surface area contributed by atoms with E-state index in [1.165, 1.54) is 17.1 Å². The van der Waals surface area contributed by atoms with Crippen LogP contribution in [0.5, 0.6) is 11.5 Å². The van der Waals surface area contributed by atoms with E-state index < -0.39 is 11.9 Å². The monoisotopic (exact) mass is 813 g/mol. The summed E-state index contributed by atoms with van der Waals surface area (Å²) in [5.41, 5.74) is 11.1. The second-order valence-corrected chi connectivity index (χ2v) is 14.3. The van der Waals surface area contributed by atoms with Crippen LogP contribution in [0.4, 0.5) is 21.8 Å². The number of nitrogen functional groups attached to an aromatic ring is 1. The molecule has 1 saturated heterocycles. The number of hydrogen-bond donors (Lipinski definition) is 4. The van der Waals surface area contributed by atoms with E-state index in [1.54, 1.807) is 22.9 Å². The lowest BCUT2D eigenvalue weighted by molar-refractivity contribution is -0.0788. The predicted octanol–water partition coefficient (Wildman–Crippen LogP) is 3.90. The summed E-state index contributed by atoms with van der Waals surface area (Å²) in [7, 11) is 0. The van der Waals surface area contributed by atoms with Crippen molar-refractivity contribution in [3.8, 4) is 11.5 Å². The van der Waals surface area contributed by atoms with Crippen molar-refractivity contribution in [2.45, 2.75) is 52.9 Å². The van der Waals surface area contributed by atoms with Gasteiger partial charge in [0.1, 0.15) is 47.2 Å². The number of nitrogens with one attached hydrogen (secondary N) is 3. The number of ether oxygens (including phenoxy) is 3.